The number of benzene rings is 2. The fourth-order valence-electron chi connectivity index (χ4n) is 2.45. The van der Waals surface area contributed by atoms with Gasteiger partial charge in [0.1, 0.15) is 30.8 Å². The summed E-state index contributed by atoms with van der Waals surface area (Å²) in [4.78, 5) is 0. The van der Waals surface area contributed by atoms with Gasteiger partial charge in [0.05, 0.1) is 0 Å². The lowest BCUT2D eigenvalue weighted by Crippen LogP contribution is -2.83. The van der Waals surface area contributed by atoms with E-state index in [1.54, 1.807) is 12.1 Å². The van der Waals surface area contributed by atoms with Crippen LogP contribution in [0.1, 0.15) is 17.4 Å². The molecular formula is C19H19FNO2+. The molecule has 0 unspecified atom stereocenters. The van der Waals surface area contributed by atoms with E-state index in [-0.39, 0.29) is 5.82 Å². The summed E-state index contributed by atoms with van der Waals surface area (Å²) in [5, 5.41) is 12.1. The molecule has 3 aromatic rings. The van der Waals surface area contributed by atoms with E-state index in [1.165, 1.54) is 12.1 Å². The highest BCUT2D eigenvalue weighted by Gasteiger charge is 2.10. The summed E-state index contributed by atoms with van der Waals surface area (Å²) < 4.78 is 18.7. The molecule has 0 radical (unpaired) electrons. The van der Waals surface area contributed by atoms with Crippen LogP contribution in [0.25, 0.3) is 11.3 Å². The molecule has 0 aliphatic heterocycles. The minimum atomic E-state index is -0.497. The van der Waals surface area contributed by atoms with E-state index in [0.717, 1.165) is 22.6 Å². The Morgan fingerprint density at radius 1 is 0.957 bits per heavy atom. The number of quaternary nitrogens is 1. The molecule has 0 aliphatic carbocycles. The SMILES string of the molecule is O[C@H](C[NH2+]Cc1ccc(-c2ccc(F)cc2)o1)c1ccccc1. The Morgan fingerprint density at radius 2 is 1.70 bits per heavy atom. The van der Waals surface area contributed by atoms with Crippen molar-refractivity contribution in [1.82, 2.24) is 0 Å². The van der Waals surface area contributed by atoms with Gasteiger partial charge >= 0.3 is 0 Å². The van der Waals surface area contributed by atoms with Crippen LogP contribution in [0.2, 0.25) is 0 Å². The molecule has 23 heavy (non-hydrogen) atoms. The molecule has 0 bridgehead atoms. The van der Waals surface area contributed by atoms with E-state index in [0.29, 0.717) is 13.1 Å². The molecule has 0 fully saturated rings. The molecule has 0 amide bonds. The van der Waals surface area contributed by atoms with Crippen LogP contribution >= 0.6 is 0 Å². The summed E-state index contributed by atoms with van der Waals surface area (Å²) in [7, 11) is 0. The quantitative estimate of drug-likeness (QED) is 0.735. The third-order valence-corrected chi connectivity index (χ3v) is 3.71. The number of nitrogens with two attached hydrogens (primary N) is 1. The van der Waals surface area contributed by atoms with Crippen LogP contribution in [0.3, 0.4) is 0 Å². The van der Waals surface area contributed by atoms with Crippen molar-refractivity contribution in [2.45, 2.75) is 12.6 Å². The fourth-order valence-corrected chi connectivity index (χ4v) is 2.45. The summed E-state index contributed by atoms with van der Waals surface area (Å²) in [5.41, 5.74) is 1.76. The Balaban J connectivity index is 1.54. The molecule has 1 aromatic heterocycles. The minimum absolute atomic E-state index is 0.260. The van der Waals surface area contributed by atoms with Crippen LogP contribution in [0, 0.1) is 5.82 Å². The predicted molar refractivity (Wildman–Crippen MR) is 86.0 cm³/mol. The van der Waals surface area contributed by atoms with Gasteiger partial charge < -0.3 is 14.8 Å². The van der Waals surface area contributed by atoms with Crippen molar-refractivity contribution in [3.8, 4) is 11.3 Å². The van der Waals surface area contributed by atoms with Gasteiger partial charge in [0, 0.05) is 5.56 Å². The lowest BCUT2D eigenvalue weighted by molar-refractivity contribution is -0.679. The van der Waals surface area contributed by atoms with Gasteiger partial charge in [-0.3, -0.25) is 0 Å². The maximum Gasteiger partial charge on any atom is 0.158 e. The average Bonchev–Trinajstić information content (AvgIpc) is 3.05. The van der Waals surface area contributed by atoms with Gasteiger partial charge in [0.2, 0.25) is 0 Å². The fraction of sp³-hybridized carbons (Fsp3) is 0.158. The van der Waals surface area contributed by atoms with Gasteiger partial charge in [-0.1, -0.05) is 30.3 Å². The first-order chi connectivity index (χ1) is 11.2. The van der Waals surface area contributed by atoms with Crippen molar-refractivity contribution in [1.29, 1.82) is 0 Å². The first kappa shape index (κ1) is 15.5. The first-order valence-corrected chi connectivity index (χ1v) is 7.62. The minimum Gasteiger partial charge on any atom is -0.455 e. The van der Waals surface area contributed by atoms with E-state index in [1.807, 2.05) is 47.8 Å². The molecule has 0 aliphatic rings. The van der Waals surface area contributed by atoms with Crippen molar-refractivity contribution in [3.63, 3.8) is 0 Å². The highest BCUT2D eigenvalue weighted by atomic mass is 19.1. The Morgan fingerprint density at radius 3 is 2.43 bits per heavy atom. The number of rotatable bonds is 6. The van der Waals surface area contributed by atoms with E-state index < -0.39 is 6.10 Å². The molecule has 3 nitrogen and oxygen atoms in total. The Labute approximate surface area is 134 Å². The summed E-state index contributed by atoms with van der Waals surface area (Å²) in [5.74, 6) is 1.28. The van der Waals surface area contributed by atoms with Crippen LogP contribution in [0.15, 0.2) is 71.1 Å². The van der Waals surface area contributed by atoms with Crippen LogP contribution < -0.4 is 5.32 Å². The second kappa shape index (κ2) is 7.22. The van der Waals surface area contributed by atoms with Crippen LogP contribution in [0.4, 0.5) is 4.39 Å². The largest absolute Gasteiger partial charge is 0.455 e. The van der Waals surface area contributed by atoms with Gasteiger partial charge in [-0.2, -0.15) is 0 Å². The molecule has 0 saturated heterocycles. The molecule has 1 atom stereocenters. The zero-order chi connectivity index (χ0) is 16.1. The van der Waals surface area contributed by atoms with Gasteiger partial charge in [-0.25, -0.2) is 4.39 Å². The zero-order valence-corrected chi connectivity index (χ0v) is 12.7. The Kier molecular flexibility index (Phi) is 4.86. The lowest BCUT2D eigenvalue weighted by atomic mass is 10.1. The molecule has 0 saturated carbocycles. The van der Waals surface area contributed by atoms with E-state index in [2.05, 4.69) is 0 Å². The van der Waals surface area contributed by atoms with Crippen molar-refractivity contribution in [2.75, 3.05) is 6.54 Å². The van der Waals surface area contributed by atoms with Crippen LogP contribution in [-0.4, -0.2) is 11.7 Å². The molecule has 1 heterocycles. The molecular weight excluding hydrogens is 293 g/mol. The van der Waals surface area contributed by atoms with E-state index in [9.17, 15) is 9.50 Å². The van der Waals surface area contributed by atoms with Gasteiger partial charge in [0.25, 0.3) is 0 Å². The normalized spacial score (nSPS) is 12.3. The molecule has 2 aromatic carbocycles. The molecule has 3 N–H and O–H groups in total. The number of furan rings is 1. The van der Waals surface area contributed by atoms with Crippen molar-refractivity contribution in [2.24, 2.45) is 0 Å². The maximum atomic E-state index is 12.9. The molecule has 0 spiro atoms. The molecule has 3 rings (SSSR count). The number of aliphatic hydroxyl groups excluding tert-OH is 1. The highest BCUT2D eigenvalue weighted by Crippen LogP contribution is 2.22. The third kappa shape index (κ3) is 4.06. The smallest absolute Gasteiger partial charge is 0.158 e. The maximum absolute atomic E-state index is 12.9. The number of hydrogen-bond donors (Lipinski definition) is 2. The van der Waals surface area contributed by atoms with E-state index in [4.69, 9.17) is 4.42 Å². The Hall–Kier alpha value is -2.43. The number of halogens is 1. The van der Waals surface area contributed by atoms with Crippen molar-refractivity contribution < 1.29 is 19.2 Å². The lowest BCUT2D eigenvalue weighted by Gasteiger charge is -2.08. The summed E-state index contributed by atoms with van der Waals surface area (Å²) >= 11 is 0. The summed E-state index contributed by atoms with van der Waals surface area (Å²) in [6, 6.07) is 19.6. The van der Waals surface area contributed by atoms with Crippen molar-refractivity contribution >= 4 is 0 Å². The van der Waals surface area contributed by atoms with Gasteiger partial charge in [-0.05, 0) is 42.0 Å². The number of hydrogen-bond acceptors (Lipinski definition) is 2. The molecule has 118 valence electrons. The predicted octanol–water partition coefficient (Wildman–Crippen LogP) is 2.88. The summed E-state index contributed by atoms with van der Waals surface area (Å²) in [6.45, 7) is 1.21. The summed E-state index contributed by atoms with van der Waals surface area (Å²) in [6.07, 6.45) is -0.497. The number of aliphatic hydroxyl groups is 1. The standard InChI is InChI=1S/C19H18FNO2/c20-16-8-6-15(7-9-16)19-11-10-17(23-19)12-21-13-18(22)14-4-2-1-3-5-14/h1-11,18,21-22H,12-13H2/p+1/t18-/m1/s1. The topological polar surface area (TPSA) is 50.0 Å². The second-order valence-electron chi connectivity index (χ2n) is 5.43. The van der Waals surface area contributed by atoms with Gasteiger partial charge in [0.15, 0.2) is 5.76 Å². The monoisotopic (exact) mass is 312 g/mol. The average molecular weight is 312 g/mol. The third-order valence-electron chi connectivity index (χ3n) is 3.71. The van der Waals surface area contributed by atoms with Gasteiger partial charge in [-0.15, -0.1) is 0 Å². The Bertz CT molecular complexity index is 738. The highest BCUT2D eigenvalue weighted by molar-refractivity contribution is 5.57. The first-order valence-electron chi connectivity index (χ1n) is 7.62. The van der Waals surface area contributed by atoms with Crippen molar-refractivity contribution in [3.05, 3.63) is 83.9 Å². The zero-order valence-electron chi connectivity index (χ0n) is 12.7. The van der Waals surface area contributed by atoms with Crippen LogP contribution in [0.5, 0.6) is 0 Å². The molecule has 4 heteroatoms. The van der Waals surface area contributed by atoms with Crippen LogP contribution in [-0.2, 0) is 6.54 Å². The van der Waals surface area contributed by atoms with E-state index >= 15 is 0 Å². The second-order valence-corrected chi connectivity index (χ2v) is 5.43.